The highest BCUT2D eigenvalue weighted by Crippen LogP contribution is 2.31. The fourth-order valence-corrected chi connectivity index (χ4v) is 4.04. The minimum atomic E-state index is -0.617. The third-order valence-corrected chi connectivity index (χ3v) is 5.66. The van der Waals surface area contributed by atoms with Gasteiger partial charge in [0.05, 0.1) is 25.3 Å². The van der Waals surface area contributed by atoms with Crippen LogP contribution in [0.5, 0.6) is 5.75 Å². The highest BCUT2D eigenvalue weighted by Gasteiger charge is 2.33. The smallest absolute Gasteiger partial charge is 0.338 e. The molecule has 27 heavy (non-hydrogen) atoms. The van der Waals surface area contributed by atoms with Crippen molar-refractivity contribution in [2.45, 2.75) is 17.3 Å². The van der Waals surface area contributed by atoms with Crippen LogP contribution in [0.4, 0.5) is 4.79 Å². The van der Waals surface area contributed by atoms with Gasteiger partial charge in [-0.2, -0.15) is 0 Å². The lowest BCUT2D eigenvalue weighted by molar-refractivity contribution is -0.139. The van der Waals surface area contributed by atoms with Crippen molar-refractivity contribution in [1.29, 1.82) is 0 Å². The van der Waals surface area contributed by atoms with Crippen LogP contribution < -0.4 is 15.4 Å². The van der Waals surface area contributed by atoms with Gasteiger partial charge in [0.15, 0.2) is 4.34 Å². The number of methoxy groups -OCH3 is 1. The maximum atomic E-state index is 12.7. The van der Waals surface area contributed by atoms with Gasteiger partial charge in [0.2, 0.25) is 0 Å². The van der Waals surface area contributed by atoms with Gasteiger partial charge in [-0.05, 0) is 24.6 Å². The Morgan fingerprint density at radius 2 is 2.11 bits per heavy atom. The number of hydrogen-bond donors (Lipinski definition) is 2. The molecule has 1 atom stereocenters. The fraction of sp³-hybridized carbons (Fsp3) is 0.294. The Bertz CT molecular complexity index is 837. The summed E-state index contributed by atoms with van der Waals surface area (Å²) in [6.45, 7) is 1.98. The van der Waals surface area contributed by atoms with E-state index in [0.29, 0.717) is 22.8 Å². The number of thioether (sulfide) groups is 1. The van der Waals surface area contributed by atoms with Crippen molar-refractivity contribution in [1.82, 2.24) is 20.8 Å². The summed E-state index contributed by atoms with van der Waals surface area (Å²) in [6, 6.07) is 6.18. The van der Waals surface area contributed by atoms with Gasteiger partial charge in [-0.3, -0.25) is 0 Å². The maximum Gasteiger partial charge on any atom is 0.338 e. The number of nitrogens with one attached hydrogen (secondary N) is 2. The second-order valence-electron chi connectivity index (χ2n) is 5.41. The van der Waals surface area contributed by atoms with Crippen LogP contribution in [-0.2, 0) is 9.53 Å². The van der Waals surface area contributed by atoms with Crippen LogP contribution in [0.2, 0.25) is 0 Å². The normalized spacial score (nSPS) is 16.5. The predicted molar refractivity (Wildman–Crippen MR) is 102 cm³/mol. The molecule has 3 rings (SSSR count). The first-order valence-corrected chi connectivity index (χ1v) is 9.99. The highest BCUT2D eigenvalue weighted by molar-refractivity contribution is 8.01. The van der Waals surface area contributed by atoms with Gasteiger partial charge in [0, 0.05) is 11.4 Å². The van der Waals surface area contributed by atoms with E-state index in [9.17, 15) is 9.59 Å². The quantitative estimate of drug-likeness (QED) is 0.538. The zero-order chi connectivity index (χ0) is 19.2. The molecule has 0 aliphatic carbocycles. The molecule has 0 bridgehead atoms. The Hall–Kier alpha value is -2.59. The van der Waals surface area contributed by atoms with Crippen molar-refractivity contribution >= 4 is 35.1 Å². The summed E-state index contributed by atoms with van der Waals surface area (Å²) in [4.78, 5) is 24.9. The summed E-state index contributed by atoms with van der Waals surface area (Å²) in [7, 11) is 1.58. The van der Waals surface area contributed by atoms with Gasteiger partial charge in [0.1, 0.15) is 11.3 Å². The van der Waals surface area contributed by atoms with Crippen molar-refractivity contribution < 1.29 is 19.1 Å². The molecule has 0 saturated carbocycles. The van der Waals surface area contributed by atoms with Gasteiger partial charge in [0.25, 0.3) is 0 Å². The maximum absolute atomic E-state index is 12.7. The number of hydrogen-bond acceptors (Lipinski definition) is 8. The summed E-state index contributed by atoms with van der Waals surface area (Å²) in [5.41, 5.74) is 3.26. The molecule has 0 unspecified atom stereocenters. The number of nitrogens with zero attached hydrogens (tertiary/aromatic N) is 2. The SMILES string of the molecule is CCOC(=O)C1=C(CSc2nncs2)NC(=O)N[C@@H]1c1ccc(OC)cc1. The highest BCUT2D eigenvalue weighted by atomic mass is 32.2. The fourth-order valence-electron chi connectivity index (χ4n) is 2.59. The molecule has 1 aromatic heterocycles. The lowest BCUT2D eigenvalue weighted by Gasteiger charge is -2.29. The van der Waals surface area contributed by atoms with Gasteiger partial charge in [-0.1, -0.05) is 35.2 Å². The number of urea groups is 1. The van der Waals surface area contributed by atoms with Crippen LogP contribution in [0.1, 0.15) is 18.5 Å². The lowest BCUT2D eigenvalue weighted by Crippen LogP contribution is -2.46. The van der Waals surface area contributed by atoms with Crippen LogP contribution in [0.25, 0.3) is 0 Å². The van der Waals surface area contributed by atoms with E-state index >= 15 is 0 Å². The average Bonchev–Trinajstić information content (AvgIpc) is 3.19. The second-order valence-corrected chi connectivity index (χ2v) is 7.47. The summed E-state index contributed by atoms with van der Waals surface area (Å²) in [5.74, 6) is 0.579. The first-order chi connectivity index (χ1) is 13.1. The van der Waals surface area contributed by atoms with Crippen LogP contribution in [0, 0.1) is 0 Å². The van der Waals surface area contributed by atoms with Crippen LogP contribution >= 0.6 is 23.1 Å². The van der Waals surface area contributed by atoms with Crippen molar-refractivity contribution in [2.75, 3.05) is 19.5 Å². The zero-order valence-electron chi connectivity index (χ0n) is 14.7. The lowest BCUT2D eigenvalue weighted by atomic mass is 9.95. The first kappa shape index (κ1) is 19.2. The van der Waals surface area contributed by atoms with E-state index in [1.807, 2.05) is 12.1 Å². The van der Waals surface area contributed by atoms with Gasteiger partial charge < -0.3 is 20.1 Å². The molecule has 10 heteroatoms. The molecule has 1 aromatic carbocycles. The molecule has 0 fully saturated rings. The van der Waals surface area contributed by atoms with Crippen molar-refractivity contribution in [3.63, 3.8) is 0 Å². The Morgan fingerprint density at radius 3 is 2.74 bits per heavy atom. The van der Waals surface area contributed by atoms with Crippen molar-refractivity contribution in [2.24, 2.45) is 0 Å². The molecule has 0 spiro atoms. The summed E-state index contributed by atoms with van der Waals surface area (Å²) in [5, 5.41) is 13.3. The van der Waals surface area contributed by atoms with Gasteiger partial charge in [-0.25, -0.2) is 9.59 Å². The number of aromatic nitrogens is 2. The molecule has 8 nitrogen and oxygen atoms in total. The van der Waals surface area contributed by atoms with E-state index in [-0.39, 0.29) is 12.6 Å². The number of benzene rings is 1. The number of carbonyl (C=O) groups excluding carboxylic acids is 2. The number of amides is 2. The Morgan fingerprint density at radius 1 is 1.33 bits per heavy atom. The summed E-state index contributed by atoms with van der Waals surface area (Å²) < 4.78 is 11.2. The van der Waals surface area contributed by atoms with E-state index in [1.54, 1.807) is 31.7 Å². The first-order valence-electron chi connectivity index (χ1n) is 8.13. The van der Waals surface area contributed by atoms with Gasteiger partial charge in [-0.15, -0.1) is 10.2 Å². The minimum Gasteiger partial charge on any atom is -0.497 e. The molecule has 0 saturated heterocycles. The van der Waals surface area contributed by atoms with E-state index in [2.05, 4.69) is 20.8 Å². The molecule has 1 aliphatic rings. The third kappa shape index (κ3) is 4.58. The molecule has 1 aliphatic heterocycles. The largest absolute Gasteiger partial charge is 0.497 e. The van der Waals surface area contributed by atoms with Gasteiger partial charge >= 0.3 is 12.0 Å². The van der Waals surface area contributed by atoms with Crippen LogP contribution in [0.3, 0.4) is 0 Å². The van der Waals surface area contributed by atoms with E-state index in [4.69, 9.17) is 9.47 Å². The molecule has 2 heterocycles. The number of carbonyl (C=O) groups is 2. The average molecular weight is 406 g/mol. The Balaban J connectivity index is 1.96. The molecule has 2 amide bonds. The van der Waals surface area contributed by atoms with E-state index in [0.717, 1.165) is 9.90 Å². The van der Waals surface area contributed by atoms with E-state index in [1.165, 1.54) is 23.1 Å². The summed E-state index contributed by atoms with van der Waals surface area (Å²) >= 11 is 2.79. The van der Waals surface area contributed by atoms with Crippen LogP contribution in [-0.4, -0.2) is 41.7 Å². The monoisotopic (exact) mass is 406 g/mol. The zero-order valence-corrected chi connectivity index (χ0v) is 16.4. The Kier molecular flexibility index (Phi) is 6.30. The van der Waals surface area contributed by atoms with Crippen LogP contribution in [0.15, 0.2) is 45.4 Å². The second kappa shape index (κ2) is 8.87. The Labute approximate surface area is 164 Å². The minimum absolute atomic E-state index is 0.239. The molecule has 142 valence electrons. The molecule has 2 aromatic rings. The molecule has 0 radical (unpaired) electrons. The van der Waals surface area contributed by atoms with Crippen molar-refractivity contribution in [3.05, 3.63) is 46.6 Å². The molecular weight excluding hydrogens is 388 g/mol. The topological polar surface area (TPSA) is 102 Å². The third-order valence-electron chi connectivity index (χ3n) is 3.78. The molecular formula is C17H18N4O4S2. The molecule has 2 N–H and O–H groups in total. The predicted octanol–water partition coefficient (Wildman–Crippen LogP) is 2.51. The number of rotatable bonds is 7. The standard InChI is InChI=1S/C17H18N4O4S2/c1-3-25-15(22)13-12(8-26-17-21-18-9-27-17)19-16(23)20-14(13)10-4-6-11(24-2)7-5-10/h4-7,9,14H,3,8H2,1-2H3,(H2,19,20,23)/t14-/m1/s1. The summed E-state index contributed by atoms with van der Waals surface area (Å²) in [6.07, 6.45) is 0. The number of esters is 1. The number of ether oxygens (including phenoxy) is 2. The van der Waals surface area contributed by atoms with Crippen molar-refractivity contribution in [3.8, 4) is 5.75 Å². The van der Waals surface area contributed by atoms with E-state index < -0.39 is 12.0 Å².